The summed E-state index contributed by atoms with van der Waals surface area (Å²) in [5.74, 6) is 0.596. The molecule has 30 heavy (non-hydrogen) atoms. The van der Waals surface area contributed by atoms with E-state index in [1.807, 2.05) is 13.0 Å². The van der Waals surface area contributed by atoms with Crippen molar-refractivity contribution in [3.63, 3.8) is 0 Å². The van der Waals surface area contributed by atoms with Gasteiger partial charge in [-0.1, -0.05) is 16.8 Å². The van der Waals surface area contributed by atoms with Crippen LogP contribution in [0, 0.1) is 13.8 Å². The Labute approximate surface area is 171 Å². The Morgan fingerprint density at radius 3 is 2.53 bits per heavy atom. The standard InChI is InChI=1S/C21H17N3O5S/c1-13-3-8-19-18(9-13)21(25)15(12-28-19)11-22-16-4-6-17(7-5-16)30(26,27)24-20-10-14(2)29-23-20/h3-12H,1-2H3,(H,23,24). The lowest BCUT2D eigenvalue weighted by Gasteiger charge is -2.05. The molecule has 0 saturated heterocycles. The Hall–Kier alpha value is -3.72. The lowest BCUT2D eigenvalue weighted by Crippen LogP contribution is -2.12. The highest BCUT2D eigenvalue weighted by Gasteiger charge is 2.16. The zero-order chi connectivity index (χ0) is 21.3. The minimum absolute atomic E-state index is 0.0443. The van der Waals surface area contributed by atoms with Crippen molar-refractivity contribution in [3.8, 4) is 0 Å². The maximum absolute atomic E-state index is 12.6. The van der Waals surface area contributed by atoms with Gasteiger partial charge in [0.15, 0.2) is 5.82 Å². The molecule has 8 nitrogen and oxygen atoms in total. The van der Waals surface area contributed by atoms with Crippen LogP contribution in [-0.2, 0) is 10.0 Å². The molecule has 2 aromatic carbocycles. The molecule has 0 bridgehead atoms. The molecule has 9 heteroatoms. The summed E-state index contributed by atoms with van der Waals surface area (Å²) < 4.78 is 37.5. The molecule has 0 fully saturated rings. The number of aromatic nitrogens is 1. The zero-order valence-electron chi connectivity index (χ0n) is 16.1. The maximum Gasteiger partial charge on any atom is 0.263 e. The smallest absolute Gasteiger partial charge is 0.263 e. The fourth-order valence-electron chi connectivity index (χ4n) is 2.82. The van der Waals surface area contributed by atoms with E-state index in [2.05, 4.69) is 14.9 Å². The first-order chi connectivity index (χ1) is 14.3. The molecule has 4 rings (SSSR count). The molecule has 4 aromatic rings. The second-order valence-corrected chi connectivity index (χ2v) is 8.38. The van der Waals surface area contributed by atoms with Crippen molar-refractivity contribution in [3.05, 3.63) is 81.9 Å². The van der Waals surface area contributed by atoms with Gasteiger partial charge in [0.2, 0.25) is 5.43 Å². The van der Waals surface area contributed by atoms with Gasteiger partial charge in [-0.3, -0.25) is 14.5 Å². The summed E-state index contributed by atoms with van der Waals surface area (Å²) in [5, 5.41) is 4.10. The molecule has 0 radical (unpaired) electrons. The SMILES string of the molecule is Cc1ccc2occ(C=Nc3ccc(S(=O)(=O)Nc4cc(C)on4)cc3)c(=O)c2c1. The van der Waals surface area contributed by atoms with Crippen LogP contribution in [0.4, 0.5) is 11.5 Å². The Morgan fingerprint density at radius 2 is 1.83 bits per heavy atom. The van der Waals surface area contributed by atoms with Crippen LogP contribution in [-0.4, -0.2) is 19.8 Å². The van der Waals surface area contributed by atoms with Crippen molar-refractivity contribution >= 4 is 38.7 Å². The minimum atomic E-state index is -3.81. The molecular weight excluding hydrogens is 406 g/mol. The van der Waals surface area contributed by atoms with Crippen molar-refractivity contribution in [1.82, 2.24) is 5.16 Å². The van der Waals surface area contributed by atoms with Crippen molar-refractivity contribution in [1.29, 1.82) is 0 Å². The molecule has 0 aliphatic carbocycles. The first-order valence-electron chi connectivity index (χ1n) is 8.94. The van der Waals surface area contributed by atoms with Crippen LogP contribution in [0.5, 0.6) is 0 Å². The van der Waals surface area contributed by atoms with E-state index in [9.17, 15) is 13.2 Å². The highest BCUT2D eigenvalue weighted by Crippen LogP contribution is 2.20. The summed E-state index contributed by atoms with van der Waals surface area (Å²) >= 11 is 0. The molecule has 0 aliphatic rings. The number of nitrogens with one attached hydrogen (secondary N) is 1. The van der Waals surface area contributed by atoms with E-state index in [0.717, 1.165) is 5.56 Å². The van der Waals surface area contributed by atoms with Gasteiger partial charge in [-0.05, 0) is 50.2 Å². The van der Waals surface area contributed by atoms with E-state index in [0.29, 0.717) is 28.0 Å². The highest BCUT2D eigenvalue weighted by atomic mass is 32.2. The number of aliphatic imine (C=N–C) groups is 1. The Bertz CT molecular complexity index is 1420. The van der Waals surface area contributed by atoms with Gasteiger partial charge >= 0.3 is 0 Å². The average Bonchev–Trinajstić information content (AvgIpc) is 3.12. The third kappa shape index (κ3) is 4.01. The van der Waals surface area contributed by atoms with Gasteiger partial charge in [0.25, 0.3) is 10.0 Å². The Morgan fingerprint density at radius 1 is 1.07 bits per heavy atom. The predicted octanol–water partition coefficient (Wildman–Crippen LogP) is 3.95. The van der Waals surface area contributed by atoms with E-state index in [-0.39, 0.29) is 16.1 Å². The Balaban J connectivity index is 1.56. The summed E-state index contributed by atoms with van der Waals surface area (Å²) in [6.07, 6.45) is 2.75. The third-order valence-corrected chi connectivity index (χ3v) is 5.69. The third-order valence-electron chi connectivity index (χ3n) is 4.32. The van der Waals surface area contributed by atoms with Crippen molar-refractivity contribution < 1.29 is 17.4 Å². The van der Waals surface area contributed by atoms with Gasteiger partial charge in [0, 0.05) is 12.3 Å². The van der Waals surface area contributed by atoms with Crippen LogP contribution < -0.4 is 10.2 Å². The fourth-order valence-corrected chi connectivity index (χ4v) is 3.80. The normalized spacial score (nSPS) is 11.9. The summed E-state index contributed by atoms with van der Waals surface area (Å²) in [4.78, 5) is 16.9. The van der Waals surface area contributed by atoms with Gasteiger partial charge in [-0.15, -0.1) is 0 Å². The predicted molar refractivity (Wildman–Crippen MR) is 113 cm³/mol. The summed E-state index contributed by atoms with van der Waals surface area (Å²) in [6, 6.07) is 12.8. The number of rotatable bonds is 5. The summed E-state index contributed by atoms with van der Waals surface area (Å²) in [7, 11) is -3.81. The number of anilines is 1. The average molecular weight is 423 g/mol. The molecule has 152 valence electrons. The molecule has 0 saturated carbocycles. The van der Waals surface area contributed by atoms with E-state index < -0.39 is 10.0 Å². The number of nitrogens with zero attached hydrogens (tertiary/aromatic N) is 2. The van der Waals surface area contributed by atoms with Crippen LogP contribution in [0.3, 0.4) is 0 Å². The number of fused-ring (bicyclic) bond motifs is 1. The van der Waals surface area contributed by atoms with Crippen molar-refractivity contribution in [2.24, 2.45) is 4.99 Å². The molecule has 2 heterocycles. The van der Waals surface area contributed by atoms with Crippen LogP contribution >= 0.6 is 0 Å². The van der Waals surface area contributed by atoms with Crippen molar-refractivity contribution in [2.75, 3.05) is 4.72 Å². The van der Waals surface area contributed by atoms with E-state index >= 15 is 0 Å². The first kappa shape index (κ1) is 19.6. The fraction of sp³-hybridized carbons (Fsp3) is 0.0952. The number of aryl methyl sites for hydroxylation is 2. The molecular formula is C21H17N3O5S. The van der Waals surface area contributed by atoms with E-state index in [4.69, 9.17) is 8.94 Å². The van der Waals surface area contributed by atoms with Gasteiger partial charge in [-0.2, -0.15) is 0 Å². The number of sulfonamides is 1. The molecule has 0 unspecified atom stereocenters. The monoisotopic (exact) mass is 423 g/mol. The molecule has 2 aromatic heterocycles. The molecule has 0 amide bonds. The van der Waals surface area contributed by atoms with Gasteiger partial charge in [0.1, 0.15) is 17.6 Å². The summed E-state index contributed by atoms with van der Waals surface area (Å²) in [5.41, 5.74) is 2.06. The summed E-state index contributed by atoms with van der Waals surface area (Å²) in [6.45, 7) is 3.56. The maximum atomic E-state index is 12.6. The Kier molecular flexibility index (Phi) is 4.96. The van der Waals surface area contributed by atoms with Crippen LogP contribution in [0.25, 0.3) is 11.0 Å². The van der Waals surface area contributed by atoms with Crippen LogP contribution in [0.2, 0.25) is 0 Å². The molecule has 0 spiro atoms. The number of benzene rings is 2. The van der Waals surface area contributed by atoms with Gasteiger partial charge in [-0.25, -0.2) is 8.42 Å². The highest BCUT2D eigenvalue weighted by molar-refractivity contribution is 7.92. The van der Waals surface area contributed by atoms with Gasteiger partial charge < -0.3 is 8.94 Å². The molecule has 0 atom stereocenters. The topological polar surface area (TPSA) is 115 Å². The van der Waals surface area contributed by atoms with Crippen LogP contribution in [0.1, 0.15) is 16.9 Å². The van der Waals surface area contributed by atoms with Gasteiger partial charge in [0.05, 0.1) is 21.5 Å². The van der Waals surface area contributed by atoms with Crippen LogP contribution in [0.15, 0.2) is 78.4 Å². The number of hydrogen-bond donors (Lipinski definition) is 1. The zero-order valence-corrected chi connectivity index (χ0v) is 16.9. The second kappa shape index (κ2) is 7.60. The first-order valence-corrected chi connectivity index (χ1v) is 10.4. The van der Waals surface area contributed by atoms with Crippen molar-refractivity contribution in [2.45, 2.75) is 18.7 Å². The minimum Gasteiger partial charge on any atom is -0.463 e. The molecule has 0 aliphatic heterocycles. The lowest BCUT2D eigenvalue weighted by molar-refractivity contribution is 0.400. The number of hydrogen-bond acceptors (Lipinski definition) is 7. The van der Waals surface area contributed by atoms with E-state index in [1.165, 1.54) is 42.8 Å². The lowest BCUT2D eigenvalue weighted by atomic mass is 10.1. The van der Waals surface area contributed by atoms with E-state index in [1.54, 1.807) is 19.1 Å². The second-order valence-electron chi connectivity index (χ2n) is 6.70. The largest absolute Gasteiger partial charge is 0.463 e. The quantitative estimate of drug-likeness (QED) is 0.486. The molecule has 1 N–H and O–H groups in total.